The van der Waals surface area contributed by atoms with Crippen molar-refractivity contribution < 1.29 is 14.0 Å². The molecular formula is C6H4N2O2. The zero-order valence-corrected chi connectivity index (χ0v) is 5.02. The number of hydrogen-bond acceptors (Lipinski definition) is 3. The van der Waals surface area contributed by atoms with Gasteiger partial charge in [0.1, 0.15) is 0 Å². The summed E-state index contributed by atoms with van der Waals surface area (Å²) in [6, 6.07) is 5.23. The molecule has 10 heavy (non-hydrogen) atoms. The molecule has 0 saturated carbocycles. The quantitative estimate of drug-likeness (QED) is 0.458. The second-order valence-electron chi connectivity index (χ2n) is 1.85. The highest BCUT2D eigenvalue weighted by molar-refractivity contribution is 5.22. The molecule has 0 aliphatic rings. The second-order valence-corrected chi connectivity index (χ2v) is 1.85. The van der Waals surface area contributed by atoms with E-state index in [0.717, 1.165) is 0 Å². The van der Waals surface area contributed by atoms with Gasteiger partial charge in [-0.05, 0) is 10.6 Å². The molecule has 4 nitrogen and oxygen atoms in total. The van der Waals surface area contributed by atoms with E-state index in [9.17, 15) is 5.11 Å². The SMILES string of the molecule is [O-]c1n[n+]2ccccc2o1. The number of aromatic nitrogens is 2. The maximum atomic E-state index is 10.5. The Hall–Kier alpha value is -1.58. The van der Waals surface area contributed by atoms with Gasteiger partial charge in [0, 0.05) is 17.2 Å². The fraction of sp³-hybridized carbons (Fsp3) is 0. The summed E-state index contributed by atoms with van der Waals surface area (Å²) in [7, 11) is 0. The summed E-state index contributed by atoms with van der Waals surface area (Å²) in [6.07, 6.45) is 1.09. The van der Waals surface area contributed by atoms with Gasteiger partial charge in [-0.2, -0.15) is 0 Å². The molecule has 2 aromatic rings. The minimum absolute atomic E-state index is 0.465. The predicted octanol–water partition coefficient (Wildman–Crippen LogP) is -0.513. The lowest BCUT2D eigenvalue weighted by molar-refractivity contribution is -0.583. The molecule has 0 bridgehead atoms. The van der Waals surface area contributed by atoms with Gasteiger partial charge >= 0.3 is 0 Å². The van der Waals surface area contributed by atoms with E-state index in [1.54, 1.807) is 24.4 Å². The highest BCUT2D eigenvalue weighted by atomic mass is 16.5. The standard InChI is InChI=1S/C6H4N2O2/c9-6-7-8-4-2-1-3-5(8)10-6/h1-4H. The topological polar surface area (TPSA) is 53.2 Å². The molecule has 0 fully saturated rings. The molecular weight excluding hydrogens is 132 g/mol. The van der Waals surface area contributed by atoms with Crippen molar-refractivity contribution in [3.63, 3.8) is 0 Å². The maximum Gasteiger partial charge on any atom is 0.295 e. The van der Waals surface area contributed by atoms with E-state index in [4.69, 9.17) is 0 Å². The Kier molecular flexibility index (Phi) is 0.887. The third kappa shape index (κ3) is 0.621. The second kappa shape index (κ2) is 1.70. The van der Waals surface area contributed by atoms with Crippen LogP contribution in [-0.2, 0) is 0 Å². The van der Waals surface area contributed by atoms with E-state index in [1.807, 2.05) is 0 Å². The molecule has 2 heterocycles. The van der Waals surface area contributed by atoms with Crippen LogP contribution in [0.15, 0.2) is 28.8 Å². The van der Waals surface area contributed by atoms with Gasteiger partial charge in [-0.1, -0.05) is 0 Å². The van der Waals surface area contributed by atoms with Crippen LogP contribution in [0, 0.1) is 0 Å². The molecule has 0 saturated heterocycles. The van der Waals surface area contributed by atoms with Crippen LogP contribution in [0.5, 0.6) is 6.08 Å². The number of hydrogen-bond donors (Lipinski definition) is 0. The normalized spacial score (nSPS) is 10.4. The van der Waals surface area contributed by atoms with E-state index < -0.39 is 6.08 Å². The predicted molar refractivity (Wildman–Crippen MR) is 29.1 cm³/mol. The van der Waals surface area contributed by atoms with Crippen molar-refractivity contribution in [2.75, 3.05) is 0 Å². The minimum atomic E-state index is -0.564. The highest BCUT2D eigenvalue weighted by Crippen LogP contribution is 2.00. The monoisotopic (exact) mass is 136 g/mol. The molecule has 0 aromatic carbocycles. The Bertz CT molecular complexity index is 322. The first-order chi connectivity index (χ1) is 4.86. The molecule has 0 radical (unpaired) electrons. The molecule has 0 atom stereocenters. The molecule has 0 unspecified atom stereocenters. The summed E-state index contributed by atoms with van der Waals surface area (Å²) >= 11 is 0. The first-order valence-corrected chi connectivity index (χ1v) is 2.81. The lowest BCUT2D eigenvalue weighted by Gasteiger charge is -1.78. The van der Waals surface area contributed by atoms with Gasteiger partial charge in [-0.3, -0.25) is 0 Å². The summed E-state index contributed by atoms with van der Waals surface area (Å²) < 4.78 is 6.06. The van der Waals surface area contributed by atoms with Crippen molar-refractivity contribution in [1.29, 1.82) is 0 Å². The molecule has 4 heteroatoms. The van der Waals surface area contributed by atoms with E-state index in [-0.39, 0.29) is 0 Å². The van der Waals surface area contributed by atoms with Crippen LogP contribution >= 0.6 is 0 Å². The molecule has 0 aliphatic carbocycles. The number of rotatable bonds is 0. The molecule has 2 rings (SSSR count). The van der Waals surface area contributed by atoms with Crippen LogP contribution in [0.25, 0.3) is 5.71 Å². The molecule has 0 N–H and O–H groups in total. The number of nitrogens with zero attached hydrogens (tertiary/aromatic N) is 2. The molecule has 0 amide bonds. The lowest BCUT2D eigenvalue weighted by Crippen LogP contribution is -2.21. The van der Waals surface area contributed by atoms with Gasteiger partial charge in [0.15, 0.2) is 0 Å². The number of pyridine rings is 1. The summed E-state index contributed by atoms with van der Waals surface area (Å²) in [5.74, 6) is 0. The van der Waals surface area contributed by atoms with Crippen molar-refractivity contribution in [1.82, 2.24) is 5.10 Å². The Morgan fingerprint density at radius 3 is 3.20 bits per heavy atom. The van der Waals surface area contributed by atoms with Gasteiger partial charge in [0.2, 0.25) is 12.3 Å². The Labute approximate surface area is 56.3 Å². The van der Waals surface area contributed by atoms with Crippen molar-refractivity contribution in [3.8, 4) is 6.08 Å². The Morgan fingerprint density at radius 1 is 1.50 bits per heavy atom. The van der Waals surface area contributed by atoms with E-state index in [0.29, 0.717) is 5.71 Å². The summed E-state index contributed by atoms with van der Waals surface area (Å²) in [5.41, 5.74) is 0.465. The van der Waals surface area contributed by atoms with Crippen LogP contribution < -0.4 is 9.62 Å². The van der Waals surface area contributed by atoms with Crippen molar-refractivity contribution in [3.05, 3.63) is 24.4 Å². The van der Waals surface area contributed by atoms with Crippen LogP contribution in [0.1, 0.15) is 0 Å². The highest BCUT2D eigenvalue weighted by Gasteiger charge is 2.00. The molecule has 2 aromatic heterocycles. The summed E-state index contributed by atoms with van der Waals surface area (Å²) in [6.45, 7) is 0. The first-order valence-electron chi connectivity index (χ1n) is 2.81. The lowest BCUT2D eigenvalue weighted by atomic mass is 10.5. The van der Waals surface area contributed by atoms with E-state index in [1.165, 1.54) is 4.52 Å². The number of fused-ring (bicyclic) bond motifs is 1. The van der Waals surface area contributed by atoms with Crippen molar-refractivity contribution in [2.24, 2.45) is 0 Å². The van der Waals surface area contributed by atoms with E-state index >= 15 is 0 Å². The van der Waals surface area contributed by atoms with Gasteiger partial charge < -0.3 is 9.52 Å². The van der Waals surface area contributed by atoms with Crippen LogP contribution in [-0.4, -0.2) is 5.10 Å². The van der Waals surface area contributed by atoms with Gasteiger partial charge in [-0.15, -0.1) is 0 Å². The zero-order valence-electron chi connectivity index (χ0n) is 5.02. The van der Waals surface area contributed by atoms with Gasteiger partial charge in [0.05, 0.1) is 0 Å². The van der Waals surface area contributed by atoms with Crippen LogP contribution in [0.2, 0.25) is 0 Å². The molecule has 0 aliphatic heterocycles. The average Bonchev–Trinajstić information content (AvgIpc) is 2.27. The van der Waals surface area contributed by atoms with E-state index in [2.05, 4.69) is 9.52 Å². The Morgan fingerprint density at radius 2 is 2.40 bits per heavy atom. The third-order valence-electron chi connectivity index (χ3n) is 1.18. The minimum Gasteiger partial charge on any atom is -0.524 e. The molecule has 50 valence electrons. The molecule has 0 spiro atoms. The van der Waals surface area contributed by atoms with Gasteiger partial charge in [0.25, 0.3) is 5.71 Å². The van der Waals surface area contributed by atoms with Crippen LogP contribution in [0.4, 0.5) is 0 Å². The van der Waals surface area contributed by atoms with Crippen LogP contribution in [0.3, 0.4) is 0 Å². The fourth-order valence-corrected chi connectivity index (χ4v) is 0.780. The maximum absolute atomic E-state index is 10.5. The van der Waals surface area contributed by atoms with Crippen molar-refractivity contribution in [2.45, 2.75) is 0 Å². The Balaban J connectivity index is 2.88. The fourth-order valence-electron chi connectivity index (χ4n) is 0.780. The third-order valence-corrected chi connectivity index (χ3v) is 1.18. The average molecular weight is 136 g/mol. The van der Waals surface area contributed by atoms with Gasteiger partial charge in [-0.25, -0.2) is 0 Å². The summed E-state index contributed by atoms with van der Waals surface area (Å²) in [4.78, 5) is 0. The summed E-state index contributed by atoms with van der Waals surface area (Å²) in [5, 5.41) is 14.0. The van der Waals surface area contributed by atoms with Crippen molar-refractivity contribution >= 4 is 5.71 Å². The first kappa shape index (κ1) is 5.22. The zero-order chi connectivity index (χ0) is 6.97. The largest absolute Gasteiger partial charge is 0.524 e. The smallest absolute Gasteiger partial charge is 0.295 e.